The van der Waals surface area contributed by atoms with E-state index in [1.807, 2.05) is 19.9 Å². The third-order valence-electron chi connectivity index (χ3n) is 3.55. The molecule has 144 valence electrons. The van der Waals surface area contributed by atoms with Gasteiger partial charge in [-0.1, -0.05) is 6.92 Å². The van der Waals surface area contributed by atoms with Crippen LogP contribution in [0.25, 0.3) is 10.6 Å². The number of thiazole rings is 1. The van der Waals surface area contributed by atoms with E-state index in [0.29, 0.717) is 30.2 Å². The molecule has 0 fully saturated rings. The minimum Gasteiger partial charge on any atom is -0.456 e. The van der Waals surface area contributed by atoms with Crippen LogP contribution in [0.2, 0.25) is 0 Å². The molecule has 0 aliphatic carbocycles. The van der Waals surface area contributed by atoms with Crippen LogP contribution in [0, 0.1) is 6.92 Å². The van der Waals surface area contributed by atoms with Gasteiger partial charge in [0.25, 0.3) is 0 Å². The molecule has 3 aromatic heterocycles. The maximum atomic E-state index is 11.7. The fraction of sp³-hybridized carbons (Fsp3) is 0.211. The Hall–Kier alpha value is -3.33. The van der Waals surface area contributed by atoms with Crippen molar-refractivity contribution in [2.45, 2.75) is 26.7 Å². The van der Waals surface area contributed by atoms with Crippen LogP contribution in [0.4, 0.5) is 10.6 Å². The fourth-order valence-corrected chi connectivity index (χ4v) is 3.05. The summed E-state index contributed by atoms with van der Waals surface area (Å²) in [6.45, 7) is 3.80. The summed E-state index contributed by atoms with van der Waals surface area (Å²) < 4.78 is 5.80. The summed E-state index contributed by atoms with van der Waals surface area (Å²) in [4.78, 5) is 36.8. The van der Waals surface area contributed by atoms with Gasteiger partial charge in [0.1, 0.15) is 17.3 Å². The molecule has 0 atom stereocenters. The van der Waals surface area contributed by atoms with E-state index in [4.69, 9.17) is 4.74 Å². The molecule has 0 aromatic carbocycles. The van der Waals surface area contributed by atoms with Gasteiger partial charge in [-0.2, -0.15) is 0 Å². The van der Waals surface area contributed by atoms with Crippen molar-refractivity contribution in [3.63, 3.8) is 0 Å². The largest absolute Gasteiger partial charge is 0.456 e. The molecule has 8 nitrogen and oxygen atoms in total. The Morgan fingerprint density at radius 2 is 1.96 bits per heavy atom. The Balaban J connectivity index is 1.61. The second-order valence-corrected chi connectivity index (χ2v) is 7.09. The average Bonchev–Trinajstić information content (AvgIpc) is 3.10. The predicted octanol–water partition coefficient (Wildman–Crippen LogP) is 4.15. The Kier molecular flexibility index (Phi) is 6.28. The number of aryl methyl sites for hydroxylation is 1. The average molecular weight is 397 g/mol. The first kappa shape index (κ1) is 19.4. The zero-order chi connectivity index (χ0) is 19.9. The molecule has 2 N–H and O–H groups in total. The first-order valence-electron chi connectivity index (χ1n) is 8.67. The number of imide groups is 1. The number of amides is 3. The second kappa shape index (κ2) is 9.05. The Morgan fingerprint density at radius 1 is 1.11 bits per heavy atom. The van der Waals surface area contributed by atoms with Crippen molar-refractivity contribution in [2.24, 2.45) is 0 Å². The zero-order valence-electron chi connectivity index (χ0n) is 15.4. The van der Waals surface area contributed by atoms with Gasteiger partial charge in [0.05, 0.1) is 21.8 Å². The lowest BCUT2D eigenvalue weighted by molar-refractivity contribution is -0.119. The van der Waals surface area contributed by atoms with Gasteiger partial charge in [0.2, 0.25) is 5.91 Å². The summed E-state index contributed by atoms with van der Waals surface area (Å²) in [5.41, 5.74) is 0.780. The highest BCUT2D eigenvalue weighted by Crippen LogP contribution is 2.28. The smallest absolute Gasteiger partial charge is 0.327 e. The normalized spacial score (nSPS) is 10.4. The number of nitrogens with zero attached hydrogens (tertiary/aromatic N) is 3. The number of ether oxygens (including phenoxy) is 1. The lowest BCUT2D eigenvalue weighted by atomic mass is 10.3. The van der Waals surface area contributed by atoms with Gasteiger partial charge in [0.15, 0.2) is 0 Å². The Labute approximate surface area is 166 Å². The number of hydrogen-bond acceptors (Lipinski definition) is 7. The van der Waals surface area contributed by atoms with Crippen LogP contribution in [0.3, 0.4) is 0 Å². The summed E-state index contributed by atoms with van der Waals surface area (Å²) in [6.07, 6.45) is 5.90. The van der Waals surface area contributed by atoms with Crippen LogP contribution >= 0.6 is 11.3 Å². The topological polar surface area (TPSA) is 106 Å². The number of anilines is 1. The first-order valence-corrected chi connectivity index (χ1v) is 9.48. The van der Waals surface area contributed by atoms with Gasteiger partial charge in [-0.05, 0) is 31.5 Å². The van der Waals surface area contributed by atoms with Crippen molar-refractivity contribution in [1.29, 1.82) is 0 Å². The Bertz CT molecular complexity index is 972. The lowest BCUT2D eigenvalue weighted by Gasteiger charge is -2.08. The molecule has 0 saturated heterocycles. The molecule has 0 saturated carbocycles. The van der Waals surface area contributed by atoms with Gasteiger partial charge in [0, 0.05) is 24.9 Å². The summed E-state index contributed by atoms with van der Waals surface area (Å²) >= 11 is 1.56. The van der Waals surface area contributed by atoms with Crippen LogP contribution in [0.1, 0.15) is 24.8 Å². The minimum absolute atomic E-state index is 0.294. The highest BCUT2D eigenvalue weighted by molar-refractivity contribution is 7.15. The number of carbonyl (C=O) groups excluding carboxylic acids is 2. The monoisotopic (exact) mass is 397 g/mol. The molecule has 0 unspecified atom stereocenters. The van der Waals surface area contributed by atoms with E-state index in [0.717, 1.165) is 15.6 Å². The van der Waals surface area contributed by atoms with Gasteiger partial charge >= 0.3 is 6.03 Å². The molecular formula is C19H19N5O3S. The summed E-state index contributed by atoms with van der Waals surface area (Å²) in [7, 11) is 0. The lowest BCUT2D eigenvalue weighted by Crippen LogP contribution is -2.34. The molecule has 0 bridgehead atoms. The van der Waals surface area contributed by atoms with E-state index in [2.05, 4.69) is 25.6 Å². The molecule has 3 amide bonds. The number of rotatable bonds is 6. The van der Waals surface area contributed by atoms with E-state index >= 15 is 0 Å². The third-order valence-corrected chi connectivity index (χ3v) is 4.48. The minimum atomic E-state index is -0.613. The van der Waals surface area contributed by atoms with Crippen molar-refractivity contribution in [3.8, 4) is 22.1 Å². The van der Waals surface area contributed by atoms with Gasteiger partial charge in [-0.15, -0.1) is 11.3 Å². The molecule has 3 rings (SSSR count). The van der Waals surface area contributed by atoms with Crippen LogP contribution in [-0.2, 0) is 4.79 Å². The van der Waals surface area contributed by atoms with Crippen molar-refractivity contribution in [3.05, 3.63) is 47.9 Å². The van der Waals surface area contributed by atoms with E-state index in [1.165, 1.54) is 6.20 Å². The van der Waals surface area contributed by atoms with Crippen molar-refractivity contribution in [2.75, 3.05) is 5.32 Å². The molecular weight excluding hydrogens is 378 g/mol. The fourth-order valence-electron chi connectivity index (χ4n) is 2.30. The van der Waals surface area contributed by atoms with Gasteiger partial charge in [-0.25, -0.2) is 14.8 Å². The van der Waals surface area contributed by atoms with E-state index in [9.17, 15) is 9.59 Å². The van der Waals surface area contributed by atoms with Gasteiger partial charge < -0.3 is 4.74 Å². The molecule has 3 aromatic rings. The van der Waals surface area contributed by atoms with E-state index < -0.39 is 6.03 Å². The third kappa shape index (κ3) is 5.34. The number of pyridine rings is 2. The molecule has 0 aliphatic rings. The number of hydrogen-bond donors (Lipinski definition) is 2. The maximum Gasteiger partial charge on any atom is 0.327 e. The highest BCUT2D eigenvalue weighted by atomic mass is 32.1. The molecule has 0 radical (unpaired) electrons. The zero-order valence-corrected chi connectivity index (χ0v) is 16.2. The quantitative estimate of drug-likeness (QED) is 0.647. The Morgan fingerprint density at radius 3 is 2.64 bits per heavy atom. The number of carbonyl (C=O) groups is 2. The SMILES string of the molecule is CCCC(=O)NC(=O)Nc1ccc(Oc2ccnc(-c3cnc(C)s3)c2)cn1. The van der Waals surface area contributed by atoms with Crippen molar-refractivity contribution < 1.29 is 14.3 Å². The van der Waals surface area contributed by atoms with Crippen LogP contribution < -0.4 is 15.4 Å². The number of urea groups is 1. The standard InChI is InChI=1S/C19H19N5O3S/c1-3-4-18(25)24-19(26)23-17-6-5-14(10-22-17)27-13-7-8-20-15(9-13)16-11-21-12(2)28-16/h5-11H,3-4H2,1-2H3,(H2,22,23,24,25,26). The van der Waals surface area contributed by atoms with Crippen LogP contribution in [-0.4, -0.2) is 26.9 Å². The maximum absolute atomic E-state index is 11.7. The number of aromatic nitrogens is 3. The molecule has 28 heavy (non-hydrogen) atoms. The molecule has 3 heterocycles. The second-order valence-electron chi connectivity index (χ2n) is 5.85. The summed E-state index contributed by atoms with van der Waals surface area (Å²) in [5.74, 6) is 1.10. The summed E-state index contributed by atoms with van der Waals surface area (Å²) in [6, 6.07) is 6.22. The number of nitrogens with one attached hydrogen (secondary N) is 2. The molecule has 0 aliphatic heterocycles. The molecule has 9 heteroatoms. The highest BCUT2D eigenvalue weighted by Gasteiger charge is 2.09. The van der Waals surface area contributed by atoms with E-state index in [1.54, 1.807) is 41.9 Å². The van der Waals surface area contributed by atoms with E-state index in [-0.39, 0.29) is 5.91 Å². The molecule has 0 spiro atoms. The van der Waals surface area contributed by atoms with Crippen molar-refractivity contribution >= 4 is 29.1 Å². The van der Waals surface area contributed by atoms with Crippen LogP contribution in [0.15, 0.2) is 42.9 Å². The first-order chi connectivity index (χ1) is 13.5. The van der Waals surface area contributed by atoms with Crippen molar-refractivity contribution in [1.82, 2.24) is 20.3 Å². The van der Waals surface area contributed by atoms with Crippen LogP contribution in [0.5, 0.6) is 11.5 Å². The summed E-state index contributed by atoms with van der Waals surface area (Å²) in [5, 5.41) is 5.71. The predicted molar refractivity (Wildman–Crippen MR) is 106 cm³/mol. The van der Waals surface area contributed by atoms with Gasteiger partial charge in [-0.3, -0.25) is 20.4 Å².